The highest BCUT2D eigenvalue weighted by atomic mass is 32.2. The zero-order valence-corrected chi connectivity index (χ0v) is 12.5. The van der Waals surface area contributed by atoms with Crippen LogP contribution < -0.4 is 11.1 Å². The second kappa shape index (κ2) is 6.99. The molecule has 0 aliphatic rings. The molecule has 0 aliphatic heterocycles. The predicted molar refractivity (Wildman–Crippen MR) is 74.6 cm³/mol. The standard InChI is InChI=1S/C12H24N2O3S/c1-6-7(2)14-10(15)8(3)18-12(4,5)9(13)11(16)17/h7-9H,6,13H2,1-5H3,(H,14,15)(H,16,17)/t7?,8?,9-/m0/s1. The maximum absolute atomic E-state index is 11.9. The summed E-state index contributed by atoms with van der Waals surface area (Å²) in [6, 6.07) is -0.877. The summed E-state index contributed by atoms with van der Waals surface area (Å²) in [5, 5.41) is 11.5. The highest BCUT2D eigenvalue weighted by molar-refractivity contribution is 8.02. The van der Waals surface area contributed by atoms with Gasteiger partial charge in [-0.3, -0.25) is 9.59 Å². The van der Waals surface area contributed by atoms with Crippen LogP contribution >= 0.6 is 11.8 Å². The fourth-order valence-corrected chi connectivity index (χ4v) is 2.68. The van der Waals surface area contributed by atoms with Gasteiger partial charge in [0.05, 0.1) is 5.25 Å². The smallest absolute Gasteiger partial charge is 0.321 e. The van der Waals surface area contributed by atoms with Crippen LogP contribution in [0.25, 0.3) is 0 Å². The summed E-state index contributed by atoms with van der Waals surface area (Å²) in [7, 11) is 0. The van der Waals surface area contributed by atoms with Gasteiger partial charge in [-0.2, -0.15) is 0 Å². The van der Waals surface area contributed by atoms with Gasteiger partial charge in [0.1, 0.15) is 6.04 Å². The Morgan fingerprint density at radius 3 is 2.28 bits per heavy atom. The molecule has 6 heteroatoms. The Hall–Kier alpha value is -0.750. The number of hydrogen-bond acceptors (Lipinski definition) is 4. The molecule has 0 aromatic carbocycles. The van der Waals surface area contributed by atoms with Gasteiger partial charge in [0, 0.05) is 10.8 Å². The lowest BCUT2D eigenvalue weighted by Gasteiger charge is -2.30. The Morgan fingerprint density at radius 1 is 1.39 bits per heavy atom. The number of nitrogens with one attached hydrogen (secondary N) is 1. The fraction of sp³-hybridized carbons (Fsp3) is 0.833. The maximum Gasteiger partial charge on any atom is 0.321 e. The summed E-state index contributed by atoms with van der Waals surface area (Å²) in [4.78, 5) is 22.7. The van der Waals surface area contributed by atoms with E-state index < -0.39 is 16.8 Å². The number of nitrogens with two attached hydrogens (primary N) is 1. The highest BCUT2D eigenvalue weighted by Crippen LogP contribution is 2.31. The molecule has 0 heterocycles. The topological polar surface area (TPSA) is 92.4 Å². The van der Waals surface area contributed by atoms with E-state index in [0.29, 0.717) is 0 Å². The van der Waals surface area contributed by atoms with E-state index in [4.69, 9.17) is 10.8 Å². The van der Waals surface area contributed by atoms with E-state index in [1.54, 1.807) is 20.8 Å². The van der Waals surface area contributed by atoms with Crippen molar-refractivity contribution in [2.24, 2.45) is 5.73 Å². The van der Waals surface area contributed by atoms with Crippen LogP contribution in [0.3, 0.4) is 0 Å². The normalized spacial score (nSPS) is 16.8. The molecule has 1 amide bonds. The minimum atomic E-state index is -1.05. The lowest BCUT2D eigenvalue weighted by Crippen LogP contribution is -2.49. The summed E-state index contributed by atoms with van der Waals surface area (Å²) >= 11 is 1.28. The van der Waals surface area contributed by atoms with E-state index in [9.17, 15) is 9.59 Å². The first-order chi connectivity index (χ1) is 8.11. The number of aliphatic carboxylic acids is 1. The van der Waals surface area contributed by atoms with Gasteiger partial charge in [0.2, 0.25) is 5.91 Å². The SMILES string of the molecule is CCC(C)NC(=O)C(C)SC(C)(C)[C@@H](N)C(=O)O. The van der Waals surface area contributed by atoms with Crippen LogP contribution in [0.4, 0.5) is 0 Å². The largest absolute Gasteiger partial charge is 0.480 e. The van der Waals surface area contributed by atoms with Crippen molar-refractivity contribution in [3.63, 3.8) is 0 Å². The van der Waals surface area contributed by atoms with Crippen LogP contribution in [0.5, 0.6) is 0 Å². The Balaban J connectivity index is 4.50. The summed E-state index contributed by atoms with van der Waals surface area (Å²) < 4.78 is -0.696. The molecule has 0 aromatic rings. The average molecular weight is 276 g/mol. The van der Waals surface area contributed by atoms with Gasteiger partial charge in [-0.15, -0.1) is 11.8 Å². The molecule has 0 radical (unpaired) electrons. The van der Waals surface area contributed by atoms with Crippen molar-refractivity contribution in [1.29, 1.82) is 0 Å². The van der Waals surface area contributed by atoms with Gasteiger partial charge in [0.15, 0.2) is 0 Å². The first kappa shape index (κ1) is 17.2. The second-order valence-electron chi connectivity index (χ2n) is 5.00. The fourth-order valence-electron chi connectivity index (χ4n) is 1.34. The predicted octanol–water partition coefficient (Wildman–Crippen LogP) is 1.21. The summed E-state index contributed by atoms with van der Waals surface area (Å²) in [6.45, 7) is 9.17. The first-order valence-electron chi connectivity index (χ1n) is 6.08. The first-order valence-corrected chi connectivity index (χ1v) is 6.96. The minimum Gasteiger partial charge on any atom is -0.480 e. The quantitative estimate of drug-likeness (QED) is 0.650. The number of hydrogen-bond donors (Lipinski definition) is 3. The van der Waals surface area contributed by atoms with Crippen molar-refractivity contribution >= 4 is 23.6 Å². The highest BCUT2D eigenvalue weighted by Gasteiger charge is 2.35. The van der Waals surface area contributed by atoms with Gasteiger partial charge < -0.3 is 16.2 Å². The van der Waals surface area contributed by atoms with Crippen LogP contribution in [-0.4, -0.2) is 39.1 Å². The summed E-state index contributed by atoms with van der Waals surface area (Å²) in [5.74, 6) is -1.14. The van der Waals surface area contributed by atoms with Crippen LogP contribution in [0.2, 0.25) is 0 Å². The molecule has 0 rings (SSSR count). The molecule has 0 fully saturated rings. The zero-order valence-electron chi connectivity index (χ0n) is 11.7. The molecule has 0 bridgehead atoms. The van der Waals surface area contributed by atoms with Crippen LogP contribution in [-0.2, 0) is 9.59 Å². The van der Waals surface area contributed by atoms with E-state index in [2.05, 4.69) is 5.32 Å². The maximum atomic E-state index is 11.9. The lowest BCUT2D eigenvalue weighted by atomic mass is 10.1. The molecular weight excluding hydrogens is 252 g/mol. The number of amides is 1. The van der Waals surface area contributed by atoms with Crippen molar-refractivity contribution in [2.75, 3.05) is 0 Å². The number of carboxylic acids is 1. The molecule has 2 unspecified atom stereocenters. The Bertz CT molecular complexity index is 308. The van der Waals surface area contributed by atoms with Crippen LogP contribution in [0.1, 0.15) is 41.0 Å². The monoisotopic (exact) mass is 276 g/mol. The average Bonchev–Trinajstić information content (AvgIpc) is 2.26. The van der Waals surface area contributed by atoms with E-state index in [0.717, 1.165) is 6.42 Å². The van der Waals surface area contributed by atoms with Crippen molar-refractivity contribution in [3.8, 4) is 0 Å². The molecule has 0 saturated heterocycles. The molecule has 0 aromatic heterocycles. The van der Waals surface area contributed by atoms with E-state index >= 15 is 0 Å². The molecular formula is C12H24N2O3S. The molecule has 3 atom stereocenters. The number of carbonyl (C=O) groups is 2. The molecule has 0 saturated carbocycles. The Labute approximate surface area is 113 Å². The molecule has 18 heavy (non-hydrogen) atoms. The molecule has 4 N–H and O–H groups in total. The van der Waals surface area contributed by atoms with Crippen molar-refractivity contribution in [1.82, 2.24) is 5.32 Å². The zero-order chi connectivity index (χ0) is 14.5. The third kappa shape index (κ3) is 5.27. The minimum absolute atomic E-state index is 0.0833. The third-order valence-corrected chi connectivity index (χ3v) is 4.29. The lowest BCUT2D eigenvalue weighted by molar-refractivity contribution is -0.139. The number of carbonyl (C=O) groups excluding carboxylic acids is 1. The van der Waals surface area contributed by atoms with Crippen LogP contribution in [0, 0.1) is 0 Å². The van der Waals surface area contributed by atoms with Gasteiger partial charge >= 0.3 is 5.97 Å². The Kier molecular flexibility index (Phi) is 6.70. The van der Waals surface area contributed by atoms with Gasteiger partial charge in [0.25, 0.3) is 0 Å². The second-order valence-corrected chi connectivity index (χ2v) is 6.99. The van der Waals surface area contributed by atoms with E-state index in [1.165, 1.54) is 11.8 Å². The summed E-state index contributed by atoms with van der Waals surface area (Å²) in [5.41, 5.74) is 5.62. The third-order valence-electron chi connectivity index (χ3n) is 2.87. The summed E-state index contributed by atoms with van der Waals surface area (Å²) in [6.07, 6.45) is 0.862. The van der Waals surface area contributed by atoms with Crippen molar-refractivity contribution < 1.29 is 14.7 Å². The number of rotatable bonds is 7. The number of thioether (sulfide) groups is 1. The van der Waals surface area contributed by atoms with Gasteiger partial charge in [-0.1, -0.05) is 6.92 Å². The molecule has 0 aliphatic carbocycles. The van der Waals surface area contributed by atoms with Crippen molar-refractivity contribution in [2.45, 2.75) is 63.1 Å². The van der Waals surface area contributed by atoms with Gasteiger partial charge in [-0.05, 0) is 34.1 Å². The number of carboxylic acid groups (broad SMARTS) is 1. The van der Waals surface area contributed by atoms with E-state index in [-0.39, 0.29) is 17.2 Å². The van der Waals surface area contributed by atoms with Crippen LogP contribution in [0.15, 0.2) is 0 Å². The van der Waals surface area contributed by atoms with Crippen molar-refractivity contribution in [3.05, 3.63) is 0 Å². The van der Waals surface area contributed by atoms with E-state index in [1.807, 2.05) is 13.8 Å². The molecule has 5 nitrogen and oxygen atoms in total. The molecule has 0 spiro atoms. The molecule has 106 valence electrons. The van der Waals surface area contributed by atoms with Gasteiger partial charge in [-0.25, -0.2) is 0 Å². The Morgan fingerprint density at radius 2 is 1.89 bits per heavy atom.